The van der Waals surface area contributed by atoms with Gasteiger partial charge in [-0.15, -0.1) is 0 Å². The summed E-state index contributed by atoms with van der Waals surface area (Å²) in [5, 5.41) is 3.03. The summed E-state index contributed by atoms with van der Waals surface area (Å²) in [4.78, 5) is 12.3. The van der Waals surface area contributed by atoms with Crippen molar-refractivity contribution in [3.63, 3.8) is 0 Å². The number of carbonyl (C=O) groups is 1. The van der Waals surface area contributed by atoms with Crippen LogP contribution in [0.25, 0.3) is 0 Å². The summed E-state index contributed by atoms with van der Waals surface area (Å²) >= 11 is 6.01. The standard InChI is InChI=1S/C17H19ClN2O3S/c1-12-7-6-10-16(13(12)2)20(24(3,22)23)11-17(21)19-15-9-5-4-8-14(15)18/h4-10H,11H2,1-3H3,(H,19,21). The summed E-state index contributed by atoms with van der Waals surface area (Å²) in [5.74, 6) is -0.463. The van der Waals surface area contributed by atoms with Crippen LogP contribution in [0.2, 0.25) is 5.02 Å². The largest absolute Gasteiger partial charge is 0.323 e. The van der Waals surface area contributed by atoms with E-state index >= 15 is 0 Å². The molecule has 0 bridgehead atoms. The molecule has 5 nitrogen and oxygen atoms in total. The summed E-state index contributed by atoms with van der Waals surface area (Å²) in [6.45, 7) is 3.40. The lowest BCUT2D eigenvalue weighted by Crippen LogP contribution is -2.38. The van der Waals surface area contributed by atoms with Crippen LogP contribution >= 0.6 is 11.6 Å². The second-order valence-corrected chi connectivity index (χ2v) is 7.83. The van der Waals surface area contributed by atoms with Gasteiger partial charge < -0.3 is 5.32 Å². The molecule has 1 amide bonds. The second kappa shape index (κ2) is 7.23. The molecule has 2 rings (SSSR count). The summed E-state index contributed by atoms with van der Waals surface area (Å²) < 4.78 is 25.4. The molecule has 0 saturated heterocycles. The Kier molecular flexibility index (Phi) is 5.51. The van der Waals surface area contributed by atoms with E-state index in [1.165, 1.54) is 0 Å². The van der Waals surface area contributed by atoms with Gasteiger partial charge in [0, 0.05) is 0 Å². The molecule has 0 heterocycles. The molecule has 0 fully saturated rings. The minimum Gasteiger partial charge on any atom is -0.323 e. The van der Waals surface area contributed by atoms with E-state index in [-0.39, 0.29) is 6.54 Å². The Bertz CT molecular complexity index is 866. The van der Waals surface area contributed by atoms with Crippen molar-refractivity contribution >= 4 is 38.9 Å². The van der Waals surface area contributed by atoms with Gasteiger partial charge in [-0.25, -0.2) is 8.42 Å². The zero-order valence-electron chi connectivity index (χ0n) is 13.7. The number of hydrogen-bond acceptors (Lipinski definition) is 3. The summed E-state index contributed by atoms with van der Waals surface area (Å²) in [6, 6.07) is 12.1. The SMILES string of the molecule is Cc1cccc(N(CC(=O)Nc2ccccc2Cl)S(C)(=O)=O)c1C. The third-order valence-corrected chi connectivity index (χ3v) is 5.14. The van der Waals surface area contributed by atoms with Gasteiger partial charge in [0.2, 0.25) is 15.9 Å². The van der Waals surface area contributed by atoms with E-state index in [0.29, 0.717) is 16.4 Å². The van der Waals surface area contributed by atoms with Crippen molar-refractivity contribution in [3.05, 3.63) is 58.6 Å². The summed E-state index contributed by atoms with van der Waals surface area (Å²) in [5.41, 5.74) is 2.70. The number of nitrogens with zero attached hydrogens (tertiary/aromatic N) is 1. The Morgan fingerprint density at radius 1 is 1.12 bits per heavy atom. The molecule has 0 aliphatic rings. The first-order chi connectivity index (χ1) is 11.2. The van der Waals surface area contributed by atoms with E-state index in [9.17, 15) is 13.2 Å². The maximum Gasteiger partial charge on any atom is 0.245 e. The second-order valence-electron chi connectivity index (χ2n) is 5.52. The van der Waals surface area contributed by atoms with Crippen LogP contribution in [0.5, 0.6) is 0 Å². The van der Waals surface area contributed by atoms with E-state index in [1.54, 1.807) is 36.4 Å². The fourth-order valence-corrected chi connectivity index (χ4v) is 3.36. The van der Waals surface area contributed by atoms with Gasteiger partial charge in [-0.2, -0.15) is 0 Å². The maximum atomic E-state index is 12.3. The van der Waals surface area contributed by atoms with E-state index < -0.39 is 15.9 Å². The first-order valence-corrected chi connectivity index (χ1v) is 9.51. The number of sulfonamides is 1. The maximum absolute atomic E-state index is 12.3. The third-order valence-electron chi connectivity index (χ3n) is 3.68. The number of hydrogen-bond donors (Lipinski definition) is 1. The van der Waals surface area contributed by atoms with Gasteiger partial charge in [-0.05, 0) is 43.2 Å². The van der Waals surface area contributed by atoms with Crippen LogP contribution in [-0.4, -0.2) is 27.1 Å². The Labute approximate surface area is 147 Å². The molecule has 0 aliphatic carbocycles. The van der Waals surface area contributed by atoms with Crippen molar-refractivity contribution in [1.29, 1.82) is 0 Å². The molecule has 128 valence electrons. The molecule has 0 radical (unpaired) electrons. The van der Waals surface area contributed by atoms with E-state index in [4.69, 9.17) is 11.6 Å². The first-order valence-electron chi connectivity index (χ1n) is 7.28. The number of carbonyl (C=O) groups excluding carboxylic acids is 1. The minimum atomic E-state index is -3.62. The number of para-hydroxylation sites is 1. The summed E-state index contributed by atoms with van der Waals surface area (Å²) in [7, 11) is -3.62. The molecule has 0 atom stereocenters. The summed E-state index contributed by atoms with van der Waals surface area (Å²) in [6.07, 6.45) is 1.08. The smallest absolute Gasteiger partial charge is 0.245 e. The Hall–Kier alpha value is -2.05. The number of rotatable bonds is 5. The molecule has 0 aliphatic heterocycles. The van der Waals surface area contributed by atoms with Crippen molar-refractivity contribution in [2.75, 3.05) is 22.4 Å². The molecule has 1 N–H and O–H groups in total. The normalized spacial score (nSPS) is 11.2. The highest BCUT2D eigenvalue weighted by atomic mass is 35.5. The lowest BCUT2D eigenvalue weighted by molar-refractivity contribution is -0.114. The van der Waals surface area contributed by atoms with E-state index in [0.717, 1.165) is 21.7 Å². The quantitative estimate of drug-likeness (QED) is 0.882. The molecule has 24 heavy (non-hydrogen) atoms. The number of nitrogens with one attached hydrogen (secondary N) is 1. The molecule has 2 aromatic carbocycles. The number of halogens is 1. The predicted octanol–water partition coefficient (Wildman–Crippen LogP) is 3.36. The number of amides is 1. The average molecular weight is 367 g/mol. The Morgan fingerprint density at radius 2 is 1.79 bits per heavy atom. The molecule has 0 saturated carbocycles. The fraction of sp³-hybridized carbons (Fsp3) is 0.235. The zero-order chi connectivity index (χ0) is 17.9. The van der Waals surface area contributed by atoms with Crippen molar-refractivity contribution in [2.45, 2.75) is 13.8 Å². The van der Waals surface area contributed by atoms with Crippen molar-refractivity contribution in [2.24, 2.45) is 0 Å². The highest BCUT2D eigenvalue weighted by Gasteiger charge is 2.23. The first kappa shape index (κ1) is 18.3. The van der Waals surface area contributed by atoms with E-state index in [2.05, 4.69) is 5.32 Å². The van der Waals surface area contributed by atoms with Gasteiger partial charge in [-0.1, -0.05) is 35.9 Å². The highest BCUT2D eigenvalue weighted by Crippen LogP contribution is 2.25. The van der Waals surface area contributed by atoms with Crippen LogP contribution in [-0.2, 0) is 14.8 Å². The Balaban J connectivity index is 2.29. The van der Waals surface area contributed by atoms with Gasteiger partial charge in [0.05, 0.1) is 22.7 Å². The minimum absolute atomic E-state index is 0.325. The molecule has 0 spiro atoms. The average Bonchev–Trinajstić information content (AvgIpc) is 2.49. The lowest BCUT2D eigenvalue weighted by atomic mass is 10.1. The molecule has 2 aromatic rings. The van der Waals surface area contributed by atoms with Crippen molar-refractivity contribution < 1.29 is 13.2 Å². The molecular weight excluding hydrogens is 348 g/mol. The monoisotopic (exact) mass is 366 g/mol. The van der Waals surface area contributed by atoms with Crippen LogP contribution in [0.3, 0.4) is 0 Å². The van der Waals surface area contributed by atoms with Crippen molar-refractivity contribution in [3.8, 4) is 0 Å². The van der Waals surface area contributed by atoms with Crippen LogP contribution < -0.4 is 9.62 Å². The molecule has 0 unspecified atom stereocenters. The van der Waals surface area contributed by atoms with Gasteiger partial charge in [0.15, 0.2) is 0 Å². The van der Waals surface area contributed by atoms with Crippen LogP contribution in [0.1, 0.15) is 11.1 Å². The topological polar surface area (TPSA) is 66.5 Å². The van der Waals surface area contributed by atoms with Gasteiger partial charge >= 0.3 is 0 Å². The molecular formula is C17H19ClN2O3S. The number of aryl methyl sites for hydroxylation is 1. The van der Waals surface area contributed by atoms with E-state index in [1.807, 2.05) is 19.9 Å². The van der Waals surface area contributed by atoms with Crippen LogP contribution in [0.15, 0.2) is 42.5 Å². The Morgan fingerprint density at radius 3 is 2.42 bits per heavy atom. The zero-order valence-corrected chi connectivity index (χ0v) is 15.3. The van der Waals surface area contributed by atoms with Crippen LogP contribution in [0, 0.1) is 13.8 Å². The number of benzene rings is 2. The lowest BCUT2D eigenvalue weighted by Gasteiger charge is -2.24. The van der Waals surface area contributed by atoms with Crippen molar-refractivity contribution in [1.82, 2.24) is 0 Å². The van der Waals surface area contributed by atoms with Crippen LogP contribution in [0.4, 0.5) is 11.4 Å². The van der Waals surface area contributed by atoms with Gasteiger partial charge in [0.25, 0.3) is 0 Å². The predicted molar refractivity (Wildman–Crippen MR) is 98.2 cm³/mol. The highest BCUT2D eigenvalue weighted by molar-refractivity contribution is 7.92. The van der Waals surface area contributed by atoms with Gasteiger partial charge in [0.1, 0.15) is 6.54 Å². The molecule has 7 heteroatoms. The molecule has 0 aromatic heterocycles. The number of anilines is 2. The van der Waals surface area contributed by atoms with Gasteiger partial charge in [-0.3, -0.25) is 9.10 Å². The fourth-order valence-electron chi connectivity index (χ4n) is 2.27. The third kappa shape index (κ3) is 4.27.